The first-order valence-corrected chi connectivity index (χ1v) is 8.06. The van der Waals surface area contributed by atoms with Crippen molar-refractivity contribution in [2.45, 2.75) is 44.3 Å². The van der Waals surface area contributed by atoms with E-state index in [9.17, 15) is 4.39 Å². The third-order valence-corrected chi connectivity index (χ3v) is 4.40. The maximum Gasteiger partial charge on any atom is 0.125 e. The van der Waals surface area contributed by atoms with E-state index >= 15 is 0 Å². The molecule has 3 nitrogen and oxygen atoms in total. The van der Waals surface area contributed by atoms with Gasteiger partial charge in [-0.1, -0.05) is 0 Å². The molecule has 116 valence electrons. The number of hydrogen-bond acceptors (Lipinski definition) is 3. The molecule has 1 unspecified atom stereocenters. The highest BCUT2D eigenvalue weighted by Gasteiger charge is 2.26. The maximum absolute atomic E-state index is 13.9. The van der Waals surface area contributed by atoms with Gasteiger partial charge in [-0.05, 0) is 63.5 Å². The fourth-order valence-electron chi connectivity index (χ4n) is 3.24. The largest absolute Gasteiger partial charge is 0.367 e. The average molecular weight is 291 g/mol. The van der Waals surface area contributed by atoms with Crippen molar-refractivity contribution < 1.29 is 4.39 Å². The molecule has 2 aliphatic rings. The van der Waals surface area contributed by atoms with E-state index in [0.717, 1.165) is 30.9 Å². The lowest BCUT2D eigenvalue weighted by atomic mass is 10.1. The first-order chi connectivity index (χ1) is 10.1. The van der Waals surface area contributed by atoms with E-state index in [1.165, 1.54) is 25.7 Å². The second-order valence-electron chi connectivity index (χ2n) is 6.72. The van der Waals surface area contributed by atoms with Gasteiger partial charge in [0.1, 0.15) is 5.82 Å². The molecule has 2 fully saturated rings. The highest BCUT2D eigenvalue weighted by molar-refractivity contribution is 5.51. The van der Waals surface area contributed by atoms with Crippen LogP contribution in [0.1, 0.15) is 31.2 Å². The Kier molecular flexibility index (Phi) is 4.45. The van der Waals surface area contributed by atoms with Crippen LogP contribution >= 0.6 is 0 Å². The second-order valence-corrected chi connectivity index (χ2v) is 6.72. The normalized spacial score (nSPS) is 22.3. The van der Waals surface area contributed by atoms with Gasteiger partial charge in [-0.3, -0.25) is 0 Å². The lowest BCUT2D eigenvalue weighted by molar-refractivity contribution is 0.372. The van der Waals surface area contributed by atoms with Crippen molar-refractivity contribution in [3.63, 3.8) is 0 Å². The predicted molar refractivity (Wildman–Crippen MR) is 85.2 cm³/mol. The Balaban J connectivity index is 1.73. The van der Waals surface area contributed by atoms with Crippen molar-refractivity contribution in [2.24, 2.45) is 0 Å². The van der Waals surface area contributed by atoms with Crippen LogP contribution in [0.25, 0.3) is 0 Å². The smallest absolute Gasteiger partial charge is 0.125 e. The molecule has 1 heterocycles. The van der Waals surface area contributed by atoms with E-state index in [-0.39, 0.29) is 5.82 Å². The van der Waals surface area contributed by atoms with E-state index in [0.29, 0.717) is 12.1 Å². The molecule has 1 N–H and O–H groups in total. The minimum absolute atomic E-state index is 0.115. The molecule has 1 aliphatic carbocycles. The van der Waals surface area contributed by atoms with Crippen LogP contribution in [0, 0.1) is 5.82 Å². The Morgan fingerprint density at radius 2 is 2.05 bits per heavy atom. The first kappa shape index (κ1) is 14.8. The summed E-state index contributed by atoms with van der Waals surface area (Å²) in [6, 6.07) is 6.67. The van der Waals surface area contributed by atoms with E-state index in [4.69, 9.17) is 0 Å². The molecule has 1 saturated carbocycles. The summed E-state index contributed by atoms with van der Waals surface area (Å²) < 4.78 is 13.9. The van der Waals surface area contributed by atoms with E-state index < -0.39 is 0 Å². The Morgan fingerprint density at radius 1 is 1.24 bits per heavy atom. The van der Waals surface area contributed by atoms with Crippen molar-refractivity contribution in [3.05, 3.63) is 29.6 Å². The summed E-state index contributed by atoms with van der Waals surface area (Å²) in [5.41, 5.74) is 2.11. The summed E-state index contributed by atoms with van der Waals surface area (Å²) in [5, 5.41) is 3.47. The molecular formula is C17H26FN3. The summed E-state index contributed by atoms with van der Waals surface area (Å²) in [6.07, 6.45) is 4.92. The average Bonchev–Trinajstić information content (AvgIpc) is 3.14. The van der Waals surface area contributed by atoms with E-state index in [2.05, 4.69) is 35.3 Å². The van der Waals surface area contributed by atoms with Crippen molar-refractivity contribution in [1.82, 2.24) is 10.2 Å². The standard InChI is InChI=1S/C17H26FN3/c1-20(2)12-16-4-3-7-21(16)17-9-13(8-14(18)10-17)11-19-15-5-6-15/h8-10,15-16,19H,3-7,11-12H2,1-2H3. The zero-order valence-electron chi connectivity index (χ0n) is 13.1. The van der Waals surface area contributed by atoms with Crippen LogP contribution in [-0.2, 0) is 6.54 Å². The van der Waals surface area contributed by atoms with Crippen LogP contribution < -0.4 is 10.2 Å². The third kappa shape index (κ3) is 3.95. The Hall–Kier alpha value is -1.13. The Morgan fingerprint density at radius 3 is 2.76 bits per heavy atom. The number of halogens is 1. The monoisotopic (exact) mass is 291 g/mol. The van der Waals surface area contributed by atoms with Gasteiger partial charge in [0.2, 0.25) is 0 Å². The fourth-order valence-corrected chi connectivity index (χ4v) is 3.24. The van der Waals surface area contributed by atoms with Crippen molar-refractivity contribution >= 4 is 5.69 Å². The molecule has 0 amide bonds. The molecule has 1 aromatic carbocycles. The molecule has 21 heavy (non-hydrogen) atoms. The molecule has 1 aromatic rings. The van der Waals surface area contributed by atoms with Gasteiger partial charge in [0.25, 0.3) is 0 Å². The van der Waals surface area contributed by atoms with Gasteiger partial charge in [0.15, 0.2) is 0 Å². The maximum atomic E-state index is 13.9. The van der Waals surface area contributed by atoms with Crippen molar-refractivity contribution in [2.75, 3.05) is 32.1 Å². The molecule has 0 spiro atoms. The van der Waals surface area contributed by atoms with Crippen molar-refractivity contribution in [1.29, 1.82) is 0 Å². The molecule has 3 rings (SSSR count). The predicted octanol–water partition coefficient (Wildman–Crippen LogP) is 2.61. The van der Waals surface area contributed by atoms with Gasteiger partial charge in [0.05, 0.1) is 0 Å². The highest BCUT2D eigenvalue weighted by Crippen LogP contribution is 2.28. The van der Waals surface area contributed by atoms with Crippen LogP contribution in [0.3, 0.4) is 0 Å². The summed E-state index contributed by atoms with van der Waals surface area (Å²) in [7, 11) is 4.21. The topological polar surface area (TPSA) is 18.5 Å². The molecule has 1 aliphatic heterocycles. The number of hydrogen-bond donors (Lipinski definition) is 1. The molecule has 1 atom stereocenters. The van der Waals surface area contributed by atoms with Crippen LogP contribution in [0.2, 0.25) is 0 Å². The molecule has 0 bridgehead atoms. The van der Waals surface area contributed by atoms with Gasteiger partial charge >= 0.3 is 0 Å². The number of benzene rings is 1. The molecule has 1 saturated heterocycles. The minimum atomic E-state index is -0.115. The highest BCUT2D eigenvalue weighted by atomic mass is 19.1. The summed E-state index contributed by atoms with van der Waals surface area (Å²) in [5.74, 6) is -0.115. The fraction of sp³-hybridized carbons (Fsp3) is 0.647. The lowest BCUT2D eigenvalue weighted by Crippen LogP contribution is -2.37. The zero-order valence-corrected chi connectivity index (χ0v) is 13.1. The van der Waals surface area contributed by atoms with Crippen LogP contribution in [-0.4, -0.2) is 44.2 Å². The van der Waals surface area contributed by atoms with Gasteiger partial charge in [-0.25, -0.2) is 4.39 Å². The Bertz CT molecular complexity index is 485. The summed E-state index contributed by atoms with van der Waals surface area (Å²) in [6.45, 7) is 2.85. The zero-order chi connectivity index (χ0) is 14.8. The number of anilines is 1. The van der Waals surface area contributed by atoms with Gasteiger partial charge in [-0.2, -0.15) is 0 Å². The summed E-state index contributed by atoms with van der Waals surface area (Å²) >= 11 is 0. The second kappa shape index (κ2) is 6.32. The first-order valence-electron chi connectivity index (χ1n) is 8.06. The number of likely N-dealkylation sites (N-methyl/N-ethyl adjacent to an activating group) is 1. The van der Waals surface area contributed by atoms with E-state index in [1.807, 2.05) is 0 Å². The van der Waals surface area contributed by atoms with Crippen molar-refractivity contribution in [3.8, 4) is 0 Å². The summed E-state index contributed by atoms with van der Waals surface area (Å²) in [4.78, 5) is 4.60. The number of nitrogens with zero attached hydrogens (tertiary/aromatic N) is 2. The molecule has 0 radical (unpaired) electrons. The van der Waals surface area contributed by atoms with Crippen LogP contribution in [0.5, 0.6) is 0 Å². The van der Waals surface area contributed by atoms with Gasteiger partial charge < -0.3 is 15.1 Å². The molecular weight excluding hydrogens is 265 g/mol. The number of rotatable bonds is 6. The van der Waals surface area contributed by atoms with Gasteiger partial charge in [-0.15, -0.1) is 0 Å². The van der Waals surface area contributed by atoms with Crippen LogP contribution in [0.15, 0.2) is 18.2 Å². The Labute approximate surface area is 127 Å². The van der Waals surface area contributed by atoms with Crippen LogP contribution in [0.4, 0.5) is 10.1 Å². The third-order valence-electron chi connectivity index (χ3n) is 4.40. The SMILES string of the molecule is CN(C)CC1CCCN1c1cc(F)cc(CNC2CC2)c1. The number of nitrogens with one attached hydrogen (secondary N) is 1. The quantitative estimate of drug-likeness (QED) is 0.869. The van der Waals surface area contributed by atoms with E-state index in [1.54, 1.807) is 12.1 Å². The lowest BCUT2D eigenvalue weighted by Gasteiger charge is -2.29. The minimum Gasteiger partial charge on any atom is -0.367 e. The molecule has 0 aromatic heterocycles. The molecule has 4 heteroatoms. The van der Waals surface area contributed by atoms with Gasteiger partial charge in [0, 0.05) is 37.4 Å².